The molecule has 1 saturated carbocycles. The van der Waals surface area contributed by atoms with Crippen molar-refractivity contribution in [3.8, 4) is 5.75 Å². The SMILES string of the molecule is CCCCC(C)(O)C/C=C/[C@@H]1[C@H]2c3cccc(CCC)c3O[C@H]2C[C@H]1O. The first-order chi connectivity index (χ1) is 12.5. The first-order valence-corrected chi connectivity index (χ1v) is 10.3. The minimum absolute atomic E-state index is 0.0695. The van der Waals surface area contributed by atoms with Crippen LogP contribution in [0.25, 0.3) is 0 Å². The maximum absolute atomic E-state index is 10.6. The highest BCUT2D eigenvalue weighted by molar-refractivity contribution is 5.49. The zero-order chi connectivity index (χ0) is 18.7. The second kappa shape index (κ2) is 8.14. The van der Waals surface area contributed by atoms with Gasteiger partial charge in [-0.3, -0.25) is 0 Å². The molecule has 0 radical (unpaired) electrons. The van der Waals surface area contributed by atoms with Crippen molar-refractivity contribution in [3.63, 3.8) is 0 Å². The molecule has 3 nitrogen and oxygen atoms in total. The Hall–Kier alpha value is -1.32. The van der Waals surface area contributed by atoms with Crippen molar-refractivity contribution in [2.75, 3.05) is 0 Å². The van der Waals surface area contributed by atoms with Gasteiger partial charge in [0.15, 0.2) is 0 Å². The van der Waals surface area contributed by atoms with E-state index in [-0.39, 0.29) is 24.0 Å². The van der Waals surface area contributed by atoms with Gasteiger partial charge in [-0.2, -0.15) is 0 Å². The van der Waals surface area contributed by atoms with Gasteiger partial charge < -0.3 is 14.9 Å². The molecule has 3 rings (SSSR count). The first-order valence-electron chi connectivity index (χ1n) is 10.3. The highest BCUT2D eigenvalue weighted by Crippen LogP contribution is 2.52. The van der Waals surface area contributed by atoms with Gasteiger partial charge in [-0.1, -0.05) is 63.5 Å². The fraction of sp³-hybridized carbons (Fsp3) is 0.652. The van der Waals surface area contributed by atoms with Crippen molar-refractivity contribution in [2.24, 2.45) is 5.92 Å². The molecule has 1 aromatic rings. The second-order valence-corrected chi connectivity index (χ2v) is 8.38. The molecular formula is C23H34O3. The molecule has 0 spiro atoms. The maximum Gasteiger partial charge on any atom is 0.126 e. The summed E-state index contributed by atoms with van der Waals surface area (Å²) in [6.07, 6.45) is 10.3. The van der Waals surface area contributed by atoms with Crippen LogP contribution in [-0.2, 0) is 6.42 Å². The Bertz CT molecular complexity index is 634. The standard InChI is InChI=1S/C23H34O3/c1-4-6-13-23(3,25)14-8-12-17-19(24)15-20-21(17)18-11-7-10-16(9-5-2)22(18)26-20/h7-8,10-12,17,19-21,24-25H,4-6,9,13-15H2,1-3H3/b12-8+/t17-,19+,20-,21-,23?/m0/s1. The summed E-state index contributed by atoms with van der Waals surface area (Å²) < 4.78 is 6.27. The number of ether oxygens (including phenoxy) is 1. The third-order valence-corrected chi connectivity index (χ3v) is 5.99. The normalized spacial score (nSPS) is 29.4. The predicted molar refractivity (Wildman–Crippen MR) is 106 cm³/mol. The molecule has 1 aliphatic heterocycles. The highest BCUT2D eigenvalue weighted by Gasteiger charge is 2.48. The highest BCUT2D eigenvalue weighted by atomic mass is 16.5. The molecule has 1 unspecified atom stereocenters. The van der Waals surface area contributed by atoms with Crippen molar-refractivity contribution < 1.29 is 14.9 Å². The number of aliphatic hydroxyl groups excluding tert-OH is 1. The van der Waals surface area contributed by atoms with Crippen LogP contribution in [0.3, 0.4) is 0 Å². The predicted octanol–water partition coefficient (Wildman–Crippen LogP) is 4.75. The summed E-state index contributed by atoms with van der Waals surface area (Å²) in [7, 11) is 0. The third kappa shape index (κ3) is 3.99. The van der Waals surface area contributed by atoms with E-state index in [2.05, 4.69) is 44.2 Å². The van der Waals surface area contributed by atoms with E-state index in [4.69, 9.17) is 4.74 Å². The Morgan fingerprint density at radius 2 is 2.08 bits per heavy atom. The Morgan fingerprint density at radius 3 is 2.81 bits per heavy atom. The molecule has 0 aromatic heterocycles. The quantitative estimate of drug-likeness (QED) is 0.659. The van der Waals surface area contributed by atoms with Crippen LogP contribution in [0.15, 0.2) is 30.4 Å². The van der Waals surface area contributed by atoms with Gasteiger partial charge in [0.2, 0.25) is 0 Å². The third-order valence-electron chi connectivity index (χ3n) is 5.99. The Labute approximate surface area is 158 Å². The van der Waals surface area contributed by atoms with Gasteiger partial charge in [-0.25, -0.2) is 0 Å². The van der Waals surface area contributed by atoms with E-state index in [0.29, 0.717) is 12.8 Å². The molecule has 1 fully saturated rings. The molecule has 2 aliphatic rings. The minimum Gasteiger partial charge on any atom is -0.489 e. The summed E-state index contributed by atoms with van der Waals surface area (Å²) in [6.45, 7) is 6.24. The Kier molecular flexibility index (Phi) is 6.09. The molecule has 2 N–H and O–H groups in total. The summed E-state index contributed by atoms with van der Waals surface area (Å²) in [5, 5.41) is 21.1. The number of aryl methyl sites for hydroxylation is 1. The Morgan fingerprint density at radius 1 is 1.27 bits per heavy atom. The van der Waals surface area contributed by atoms with Gasteiger partial charge in [-0.05, 0) is 31.7 Å². The summed E-state index contributed by atoms with van der Waals surface area (Å²) in [4.78, 5) is 0. The van der Waals surface area contributed by atoms with Crippen LogP contribution >= 0.6 is 0 Å². The van der Waals surface area contributed by atoms with Crippen molar-refractivity contribution in [3.05, 3.63) is 41.5 Å². The van der Waals surface area contributed by atoms with E-state index in [0.717, 1.165) is 37.9 Å². The van der Waals surface area contributed by atoms with Gasteiger partial charge in [0.1, 0.15) is 11.9 Å². The molecule has 1 heterocycles. The van der Waals surface area contributed by atoms with Gasteiger partial charge in [0.25, 0.3) is 0 Å². The topological polar surface area (TPSA) is 49.7 Å². The van der Waals surface area contributed by atoms with Crippen LogP contribution in [0.5, 0.6) is 5.75 Å². The average molecular weight is 359 g/mol. The van der Waals surface area contributed by atoms with E-state index in [1.165, 1.54) is 11.1 Å². The molecule has 3 heteroatoms. The second-order valence-electron chi connectivity index (χ2n) is 8.38. The molecular weight excluding hydrogens is 324 g/mol. The van der Waals surface area contributed by atoms with Gasteiger partial charge in [-0.15, -0.1) is 0 Å². The van der Waals surface area contributed by atoms with Crippen molar-refractivity contribution in [1.82, 2.24) is 0 Å². The molecule has 5 atom stereocenters. The van der Waals surface area contributed by atoms with Crippen LogP contribution in [0, 0.1) is 5.92 Å². The molecule has 1 aromatic carbocycles. The van der Waals surface area contributed by atoms with E-state index < -0.39 is 5.60 Å². The molecule has 1 aliphatic carbocycles. The first kappa shape index (κ1) is 19.4. The van der Waals surface area contributed by atoms with Crippen molar-refractivity contribution in [1.29, 1.82) is 0 Å². The molecule has 0 amide bonds. The fourth-order valence-corrected chi connectivity index (χ4v) is 4.57. The lowest BCUT2D eigenvalue weighted by molar-refractivity contribution is 0.0514. The van der Waals surface area contributed by atoms with Crippen LogP contribution in [-0.4, -0.2) is 28.0 Å². The number of hydrogen-bond donors (Lipinski definition) is 2. The number of para-hydroxylation sites is 1. The van der Waals surface area contributed by atoms with Crippen LogP contribution in [0.4, 0.5) is 0 Å². The lowest BCUT2D eigenvalue weighted by Gasteiger charge is -2.22. The lowest BCUT2D eigenvalue weighted by Crippen LogP contribution is -2.23. The van der Waals surface area contributed by atoms with Crippen LogP contribution in [0.1, 0.15) is 76.3 Å². The number of fused-ring (bicyclic) bond motifs is 3. The number of unbranched alkanes of at least 4 members (excludes halogenated alkanes) is 1. The summed E-state index contributed by atoms with van der Waals surface area (Å²) in [5.74, 6) is 1.36. The summed E-state index contributed by atoms with van der Waals surface area (Å²) in [6, 6.07) is 6.45. The van der Waals surface area contributed by atoms with E-state index in [1.807, 2.05) is 6.92 Å². The zero-order valence-corrected chi connectivity index (χ0v) is 16.4. The van der Waals surface area contributed by atoms with E-state index in [9.17, 15) is 10.2 Å². The minimum atomic E-state index is -0.659. The smallest absolute Gasteiger partial charge is 0.126 e. The largest absolute Gasteiger partial charge is 0.489 e. The molecule has 144 valence electrons. The molecule has 26 heavy (non-hydrogen) atoms. The van der Waals surface area contributed by atoms with Gasteiger partial charge in [0, 0.05) is 23.8 Å². The summed E-state index contributed by atoms with van der Waals surface area (Å²) in [5.41, 5.74) is 1.89. The van der Waals surface area contributed by atoms with Gasteiger partial charge in [0.05, 0.1) is 11.7 Å². The van der Waals surface area contributed by atoms with Gasteiger partial charge >= 0.3 is 0 Å². The van der Waals surface area contributed by atoms with Crippen molar-refractivity contribution in [2.45, 2.75) is 89.4 Å². The van der Waals surface area contributed by atoms with E-state index >= 15 is 0 Å². The average Bonchev–Trinajstić information content (AvgIpc) is 3.10. The van der Waals surface area contributed by atoms with E-state index in [1.54, 1.807) is 0 Å². The lowest BCUT2D eigenvalue weighted by atomic mass is 9.86. The number of rotatable bonds is 8. The number of hydrogen-bond acceptors (Lipinski definition) is 3. The number of aliphatic hydroxyl groups is 2. The maximum atomic E-state index is 10.6. The number of benzene rings is 1. The zero-order valence-electron chi connectivity index (χ0n) is 16.4. The molecule has 0 bridgehead atoms. The Balaban J connectivity index is 1.74. The molecule has 0 saturated heterocycles. The van der Waals surface area contributed by atoms with Crippen LogP contribution < -0.4 is 4.74 Å². The summed E-state index contributed by atoms with van der Waals surface area (Å²) >= 11 is 0. The van der Waals surface area contributed by atoms with Crippen molar-refractivity contribution >= 4 is 0 Å². The fourth-order valence-electron chi connectivity index (χ4n) is 4.57. The van der Waals surface area contributed by atoms with Crippen LogP contribution in [0.2, 0.25) is 0 Å². The monoisotopic (exact) mass is 358 g/mol.